The van der Waals surface area contributed by atoms with Crippen LogP contribution in [0.4, 0.5) is 15.8 Å². The highest BCUT2D eigenvalue weighted by Gasteiger charge is 2.22. The molecule has 8 nitrogen and oxygen atoms in total. The molecule has 4 aromatic rings. The van der Waals surface area contributed by atoms with Gasteiger partial charge in [-0.3, -0.25) is 4.84 Å². The summed E-state index contributed by atoms with van der Waals surface area (Å²) in [6.07, 6.45) is 4.73. The topological polar surface area (TPSA) is 82.6 Å². The van der Waals surface area contributed by atoms with E-state index in [1.807, 2.05) is 39.0 Å². The molecule has 2 heterocycles. The number of nitrogens with zero attached hydrogens (tertiary/aromatic N) is 4. The minimum atomic E-state index is -0.658. The molecule has 2 aromatic carbocycles. The van der Waals surface area contributed by atoms with Crippen LogP contribution < -0.4 is 5.06 Å². The number of carbonyl (C=O) groups is 1. The van der Waals surface area contributed by atoms with Crippen molar-refractivity contribution < 1.29 is 23.3 Å². The number of benzene rings is 2. The van der Waals surface area contributed by atoms with Crippen molar-refractivity contribution in [2.75, 3.05) is 11.7 Å². The van der Waals surface area contributed by atoms with Crippen LogP contribution in [0.15, 0.2) is 59.6 Å². The number of hydrogen-bond donors (Lipinski definition) is 0. The maximum absolute atomic E-state index is 14.7. The van der Waals surface area contributed by atoms with E-state index in [1.54, 1.807) is 49.9 Å². The molecule has 9 heteroatoms. The second-order valence-electron chi connectivity index (χ2n) is 9.46. The monoisotopic (exact) mass is 492 g/mol. The highest BCUT2D eigenvalue weighted by molar-refractivity contribution is 5.76. The van der Waals surface area contributed by atoms with Crippen molar-refractivity contribution in [2.45, 2.75) is 47.1 Å². The average molecular weight is 493 g/mol. The molecule has 0 saturated carbocycles. The summed E-state index contributed by atoms with van der Waals surface area (Å²) in [7, 11) is 0. The SMILES string of the molecule is Cc1ccc(-c2c(C)noc2C)cc1N(OCC(=O)OC(C)(C)C)c1ccc(F)c(-n2ccnc2)c1. The number of aromatic nitrogens is 3. The van der Waals surface area contributed by atoms with Gasteiger partial charge in [0.25, 0.3) is 0 Å². The van der Waals surface area contributed by atoms with E-state index < -0.39 is 17.4 Å². The van der Waals surface area contributed by atoms with Crippen molar-refractivity contribution in [1.82, 2.24) is 14.7 Å². The van der Waals surface area contributed by atoms with Gasteiger partial charge in [-0.15, -0.1) is 0 Å². The number of rotatable bonds is 7. The molecule has 0 aliphatic rings. The van der Waals surface area contributed by atoms with Gasteiger partial charge in [0.15, 0.2) is 6.61 Å². The lowest BCUT2D eigenvalue weighted by molar-refractivity contribution is -0.160. The number of ether oxygens (including phenoxy) is 1. The number of halogens is 1. The largest absolute Gasteiger partial charge is 0.458 e. The van der Waals surface area contributed by atoms with E-state index in [0.717, 1.165) is 22.4 Å². The summed E-state index contributed by atoms with van der Waals surface area (Å²) >= 11 is 0. The molecular formula is C27H29FN4O4. The van der Waals surface area contributed by atoms with Gasteiger partial charge >= 0.3 is 5.97 Å². The van der Waals surface area contributed by atoms with Crippen molar-refractivity contribution in [1.29, 1.82) is 0 Å². The summed E-state index contributed by atoms with van der Waals surface area (Å²) in [5, 5.41) is 5.57. The lowest BCUT2D eigenvalue weighted by Gasteiger charge is -2.27. The van der Waals surface area contributed by atoms with E-state index in [4.69, 9.17) is 14.1 Å². The molecule has 0 aliphatic heterocycles. The smallest absolute Gasteiger partial charge is 0.335 e. The number of anilines is 2. The van der Waals surface area contributed by atoms with Gasteiger partial charge in [0.05, 0.1) is 29.1 Å². The van der Waals surface area contributed by atoms with Crippen LogP contribution in [0, 0.1) is 26.6 Å². The number of aryl methyl sites for hydroxylation is 3. The van der Waals surface area contributed by atoms with Crippen LogP contribution >= 0.6 is 0 Å². The molecule has 0 bridgehead atoms. The molecule has 0 saturated heterocycles. The van der Waals surface area contributed by atoms with Crippen molar-refractivity contribution in [3.8, 4) is 16.8 Å². The Morgan fingerprint density at radius 2 is 1.92 bits per heavy atom. The van der Waals surface area contributed by atoms with Crippen LogP contribution in [0.25, 0.3) is 16.8 Å². The third-order valence-electron chi connectivity index (χ3n) is 5.43. The van der Waals surface area contributed by atoms with Gasteiger partial charge in [0.2, 0.25) is 0 Å². The minimum absolute atomic E-state index is 0.287. The molecule has 0 spiro atoms. The van der Waals surface area contributed by atoms with Gasteiger partial charge in [-0.1, -0.05) is 17.3 Å². The lowest BCUT2D eigenvalue weighted by Crippen LogP contribution is -2.30. The van der Waals surface area contributed by atoms with E-state index in [-0.39, 0.29) is 12.3 Å². The summed E-state index contributed by atoms with van der Waals surface area (Å²) in [6, 6.07) is 10.4. The molecule has 0 radical (unpaired) electrons. The molecule has 0 fully saturated rings. The Kier molecular flexibility index (Phi) is 6.94. The van der Waals surface area contributed by atoms with Crippen LogP contribution in [0.2, 0.25) is 0 Å². The van der Waals surface area contributed by atoms with Crippen LogP contribution in [0.5, 0.6) is 0 Å². The van der Waals surface area contributed by atoms with Gasteiger partial charge < -0.3 is 13.8 Å². The summed E-state index contributed by atoms with van der Waals surface area (Å²) in [6.45, 7) is 10.7. The second-order valence-corrected chi connectivity index (χ2v) is 9.46. The zero-order valence-electron chi connectivity index (χ0n) is 21.2. The van der Waals surface area contributed by atoms with E-state index in [1.165, 1.54) is 17.5 Å². The van der Waals surface area contributed by atoms with E-state index in [0.29, 0.717) is 17.1 Å². The van der Waals surface area contributed by atoms with E-state index >= 15 is 0 Å². The predicted octanol–water partition coefficient (Wildman–Crippen LogP) is 6.00. The van der Waals surface area contributed by atoms with Crippen molar-refractivity contribution >= 4 is 17.3 Å². The molecule has 0 amide bonds. The first kappa shape index (κ1) is 25.1. The Morgan fingerprint density at radius 3 is 2.56 bits per heavy atom. The molecule has 36 heavy (non-hydrogen) atoms. The number of imidazole rings is 1. The summed E-state index contributed by atoms with van der Waals surface area (Å²) in [5.74, 6) is -0.262. The molecular weight excluding hydrogens is 463 g/mol. The summed E-state index contributed by atoms with van der Waals surface area (Å²) in [4.78, 5) is 22.5. The van der Waals surface area contributed by atoms with Crippen molar-refractivity contribution in [3.63, 3.8) is 0 Å². The molecule has 0 aliphatic carbocycles. The first-order chi connectivity index (χ1) is 17.0. The maximum Gasteiger partial charge on any atom is 0.335 e. The van der Waals surface area contributed by atoms with Gasteiger partial charge in [-0.05, 0) is 76.9 Å². The zero-order valence-corrected chi connectivity index (χ0v) is 21.2. The predicted molar refractivity (Wildman–Crippen MR) is 134 cm³/mol. The number of carbonyl (C=O) groups excluding carboxylic acids is 1. The van der Waals surface area contributed by atoms with Crippen molar-refractivity contribution in [3.05, 3.63) is 78.0 Å². The van der Waals surface area contributed by atoms with Gasteiger partial charge in [0.1, 0.15) is 17.2 Å². The standard InChI is InChI=1S/C27H29FN4O4/c1-17-7-8-20(26-18(2)30-36-19(26)3)13-23(17)32(34-15-25(33)35-27(4,5)6)21-9-10-22(28)24(14-21)31-12-11-29-16-31/h7-14,16H,15H2,1-6H3. The number of esters is 1. The Bertz CT molecular complexity index is 1350. The third kappa shape index (κ3) is 5.46. The van der Waals surface area contributed by atoms with Crippen molar-refractivity contribution in [2.24, 2.45) is 0 Å². The average Bonchev–Trinajstić information content (AvgIpc) is 3.45. The molecule has 0 atom stereocenters. The fourth-order valence-electron chi connectivity index (χ4n) is 3.88. The summed E-state index contributed by atoms with van der Waals surface area (Å²) in [5.41, 5.74) is 4.19. The summed E-state index contributed by atoms with van der Waals surface area (Å²) < 4.78 is 27.1. The highest BCUT2D eigenvalue weighted by atomic mass is 19.1. The zero-order chi connectivity index (χ0) is 26.0. The second kappa shape index (κ2) is 9.94. The minimum Gasteiger partial charge on any atom is -0.458 e. The normalized spacial score (nSPS) is 11.5. The molecule has 2 aromatic heterocycles. The van der Waals surface area contributed by atoms with E-state index in [9.17, 15) is 9.18 Å². The Balaban J connectivity index is 1.79. The first-order valence-electron chi connectivity index (χ1n) is 11.5. The van der Waals surface area contributed by atoms with E-state index in [2.05, 4.69) is 10.1 Å². The molecule has 4 rings (SSSR count). The Morgan fingerprint density at radius 1 is 1.14 bits per heavy atom. The van der Waals surface area contributed by atoms with Crippen LogP contribution in [-0.2, 0) is 14.4 Å². The molecule has 188 valence electrons. The van der Waals surface area contributed by atoms with Crippen LogP contribution in [0.3, 0.4) is 0 Å². The molecule has 0 unspecified atom stereocenters. The van der Waals surface area contributed by atoms with Gasteiger partial charge in [-0.2, -0.15) is 0 Å². The van der Waals surface area contributed by atoms with Crippen LogP contribution in [-0.4, -0.2) is 32.9 Å². The third-order valence-corrected chi connectivity index (χ3v) is 5.43. The Hall–Kier alpha value is -3.98. The highest BCUT2D eigenvalue weighted by Crippen LogP contribution is 2.36. The maximum atomic E-state index is 14.7. The Labute approximate surface area is 209 Å². The lowest BCUT2D eigenvalue weighted by atomic mass is 10.0. The number of hydrogen-bond acceptors (Lipinski definition) is 7. The quantitative estimate of drug-likeness (QED) is 0.231. The van der Waals surface area contributed by atoms with Crippen LogP contribution in [0.1, 0.15) is 37.8 Å². The fourth-order valence-corrected chi connectivity index (χ4v) is 3.88. The fraction of sp³-hybridized carbons (Fsp3) is 0.296. The van der Waals surface area contributed by atoms with Gasteiger partial charge in [-0.25, -0.2) is 19.2 Å². The van der Waals surface area contributed by atoms with Gasteiger partial charge in [0, 0.05) is 18.0 Å². The first-order valence-corrected chi connectivity index (χ1v) is 11.5. The molecule has 0 N–H and O–H groups in total.